The molecule has 1 fully saturated rings. The first-order valence-electron chi connectivity index (χ1n) is 8.93. The van der Waals surface area contributed by atoms with Crippen LogP contribution in [0.5, 0.6) is 5.75 Å². The van der Waals surface area contributed by atoms with Crippen molar-refractivity contribution in [2.75, 3.05) is 25.2 Å². The van der Waals surface area contributed by atoms with Crippen molar-refractivity contribution in [2.45, 2.75) is 32.7 Å². The standard InChI is InChI=1S/C19H24N2O5S/c1-4-21(15-8-9-27(23,24)12-15)18(22)11-17-13(2)26-19(20-17)14-6-5-7-16(10-14)25-3/h5-7,10,15H,4,8-9,11-12H2,1-3H3. The summed E-state index contributed by atoms with van der Waals surface area (Å²) in [7, 11) is -1.45. The average Bonchev–Trinajstić information content (AvgIpc) is 3.18. The SMILES string of the molecule is CCN(C(=O)Cc1nc(-c2cccc(OC)c2)oc1C)C1CCS(=O)(=O)C1. The van der Waals surface area contributed by atoms with Crippen molar-refractivity contribution < 1.29 is 22.4 Å². The van der Waals surface area contributed by atoms with Gasteiger partial charge < -0.3 is 14.1 Å². The maximum atomic E-state index is 12.8. The van der Waals surface area contributed by atoms with E-state index in [1.807, 2.05) is 31.2 Å². The highest BCUT2D eigenvalue weighted by Gasteiger charge is 2.34. The van der Waals surface area contributed by atoms with Crippen LogP contribution in [0.1, 0.15) is 24.8 Å². The van der Waals surface area contributed by atoms with E-state index in [0.717, 1.165) is 5.56 Å². The lowest BCUT2D eigenvalue weighted by atomic mass is 10.1. The molecule has 3 rings (SSSR count). The molecule has 7 nitrogen and oxygen atoms in total. The number of nitrogens with zero attached hydrogens (tertiary/aromatic N) is 2. The molecule has 0 saturated carbocycles. The zero-order valence-corrected chi connectivity index (χ0v) is 16.6. The lowest BCUT2D eigenvalue weighted by Gasteiger charge is -2.26. The fraction of sp³-hybridized carbons (Fsp3) is 0.474. The van der Waals surface area contributed by atoms with E-state index in [1.165, 1.54) is 0 Å². The lowest BCUT2D eigenvalue weighted by Crippen LogP contribution is -2.41. The Kier molecular flexibility index (Phi) is 5.55. The molecule has 146 valence electrons. The van der Waals surface area contributed by atoms with Gasteiger partial charge in [0.15, 0.2) is 9.84 Å². The van der Waals surface area contributed by atoms with E-state index < -0.39 is 9.84 Å². The fourth-order valence-corrected chi connectivity index (χ4v) is 5.11. The molecular formula is C19H24N2O5S. The van der Waals surface area contributed by atoms with Crippen LogP contribution in [-0.4, -0.2) is 55.4 Å². The number of amides is 1. The van der Waals surface area contributed by atoms with Gasteiger partial charge >= 0.3 is 0 Å². The first kappa shape index (κ1) is 19.4. The highest BCUT2D eigenvalue weighted by Crippen LogP contribution is 2.26. The molecule has 2 aromatic rings. The molecule has 27 heavy (non-hydrogen) atoms. The van der Waals surface area contributed by atoms with Crippen molar-refractivity contribution in [2.24, 2.45) is 0 Å². The zero-order chi connectivity index (χ0) is 19.6. The largest absolute Gasteiger partial charge is 0.497 e. The van der Waals surface area contributed by atoms with Gasteiger partial charge in [0.25, 0.3) is 0 Å². The van der Waals surface area contributed by atoms with Gasteiger partial charge in [-0.2, -0.15) is 0 Å². The maximum Gasteiger partial charge on any atom is 0.228 e. The number of oxazole rings is 1. The van der Waals surface area contributed by atoms with Crippen LogP contribution in [-0.2, 0) is 21.1 Å². The van der Waals surface area contributed by atoms with Gasteiger partial charge in [-0.3, -0.25) is 4.79 Å². The summed E-state index contributed by atoms with van der Waals surface area (Å²) in [6.45, 7) is 4.11. The Bertz CT molecular complexity index is 935. The second kappa shape index (κ2) is 7.72. The first-order valence-corrected chi connectivity index (χ1v) is 10.8. The third-order valence-electron chi connectivity index (χ3n) is 4.84. The van der Waals surface area contributed by atoms with E-state index in [2.05, 4.69) is 4.98 Å². The van der Waals surface area contributed by atoms with Crippen molar-refractivity contribution in [3.05, 3.63) is 35.7 Å². The van der Waals surface area contributed by atoms with E-state index in [9.17, 15) is 13.2 Å². The van der Waals surface area contributed by atoms with Crippen LogP contribution in [0, 0.1) is 6.92 Å². The molecule has 1 amide bonds. The Morgan fingerprint density at radius 3 is 2.81 bits per heavy atom. The Morgan fingerprint density at radius 1 is 1.41 bits per heavy atom. The summed E-state index contributed by atoms with van der Waals surface area (Å²) in [5.41, 5.74) is 1.34. The summed E-state index contributed by atoms with van der Waals surface area (Å²) in [6, 6.07) is 7.11. The number of ether oxygens (including phenoxy) is 1. The third-order valence-corrected chi connectivity index (χ3v) is 6.59. The Balaban J connectivity index is 1.77. The van der Waals surface area contributed by atoms with E-state index in [1.54, 1.807) is 18.9 Å². The molecule has 0 aliphatic carbocycles. The second-order valence-corrected chi connectivity index (χ2v) is 8.90. The number of hydrogen-bond donors (Lipinski definition) is 0. The highest BCUT2D eigenvalue weighted by molar-refractivity contribution is 7.91. The summed E-state index contributed by atoms with van der Waals surface area (Å²) >= 11 is 0. The van der Waals surface area contributed by atoms with Gasteiger partial charge in [0.1, 0.15) is 11.5 Å². The first-order chi connectivity index (χ1) is 12.8. The van der Waals surface area contributed by atoms with Gasteiger partial charge in [0.05, 0.1) is 30.7 Å². The quantitative estimate of drug-likeness (QED) is 0.749. The van der Waals surface area contributed by atoms with Gasteiger partial charge in [-0.1, -0.05) is 6.07 Å². The number of carbonyl (C=O) groups is 1. The number of sulfone groups is 1. The molecule has 0 N–H and O–H groups in total. The molecule has 1 saturated heterocycles. The van der Waals surface area contributed by atoms with Crippen LogP contribution < -0.4 is 4.74 Å². The summed E-state index contributed by atoms with van der Waals surface area (Å²) in [6.07, 6.45) is 0.582. The zero-order valence-electron chi connectivity index (χ0n) is 15.8. The van der Waals surface area contributed by atoms with Crippen molar-refractivity contribution >= 4 is 15.7 Å². The molecule has 2 heterocycles. The Hall–Kier alpha value is -2.35. The molecule has 0 bridgehead atoms. The summed E-state index contributed by atoms with van der Waals surface area (Å²) in [5.74, 6) is 1.76. The van der Waals surface area contributed by atoms with Crippen molar-refractivity contribution in [3.8, 4) is 17.2 Å². The van der Waals surface area contributed by atoms with Gasteiger partial charge in [-0.05, 0) is 38.5 Å². The summed E-state index contributed by atoms with van der Waals surface area (Å²) < 4.78 is 34.4. The highest BCUT2D eigenvalue weighted by atomic mass is 32.2. The smallest absolute Gasteiger partial charge is 0.228 e. The molecule has 1 atom stereocenters. The minimum absolute atomic E-state index is 0.0411. The van der Waals surface area contributed by atoms with Crippen LogP contribution in [0.4, 0.5) is 0 Å². The van der Waals surface area contributed by atoms with E-state index in [4.69, 9.17) is 9.15 Å². The van der Waals surface area contributed by atoms with E-state index >= 15 is 0 Å². The van der Waals surface area contributed by atoms with Crippen molar-refractivity contribution in [1.29, 1.82) is 0 Å². The molecule has 1 aliphatic rings. The number of likely N-dealkylation sites (N-methyl/N-ethyl adjacent to an activating group) is 1. The van der Waals surface area contributed by atoms with E-state index in [0.29, 0.717) is 36.1 Å². The Morgan fingerprint density at radius 2 is 2.19 bits per heavy atom. The van der Waals surface area contributed by atoms with Gasteiger partial charge in [0, 0.05) is 18.2 Å². The number of carbonyl (C=O) groups excluding carboxylic acids is 1. The maximum absolute atomic E-state index is 12.8. The van der Waals surface area contributed by atoms with Gasteiger partial charge in [-0.25, -0.2) is 13.4 Å². The summed E-state index contributed by atoms with van der Waals surface area (Å²) in [4.78, 5) is 18.9. The van der Waals surface area contributed by atoms with Crippen LogP contribution >= 0.6 is 0 Å². The second-order valence-electron chi connectivity index (χ2n) is 6.67. The van der Waals surface area contributed by atoms with Gasteiger partial charge in [-0.15, -0.1) is 0 Å². The minimum atomic E-state index is -3.04. The van der Waals surface area contributed by atoms with E-state index in [-0.39, 0.29) is 29.9 Å². The molecule has 1 unspecified atom stereocenters. The number of aromatic nitrogens is 1. The van der Waals surface area contributed by atoms with Gasteiger partial charge in [0.2, 0.25) is 11.8 Å². The predicted octanol–water partition coefficient (Wildman–Crippen LogP) is 2.24. The number of rotatable bonds is 6. The van der Waals surface area contributed by atoms with Crippen LogP contribution in [0.25, 0.3) is 11.5 Å². The molecule has 0 spiro atoms. The molecule has 8 heteroatoms. The summed E-state index contributed by atoms with van der Waals surface area (Å²) in [5, 5.41) is 0. The average molecular weight is 392 g/mol. The number of benzene rings is 1. The number of methoxy groups -OCH3 is 1. The third kappa shape index (κ3) is 4.32. The molecule has 0 radical (unpaired) electrons. The van der Waals surface area contributed by atoms with Crippen LogP contribution in [0.3, 0.4) is 0 Å². The van der Waals surface area contributed by atoms with Crippen molar-refractivity contribution in [3.63, 3.8) is 0 Å². The number of aryl methyl sites for hydroxylation is 1. The molecule has 1 aromatic carbocycles. The molecule has 1 aromatic heterocycles. The normalized spacial score (nSPS) is 18.4. The molecule has 1 aliphatic heterocycles. The van der Waals surface area contributed by atoms with Crippen LogP contribution in [0.15, 0.2) is 28.7 Å². The Labute approximate surface area is 159 Å². The molecular weight excluding hydrogens is 368 g/mol. The van der Waals surface area contributed by atoms with Crippen molar-refractivity contribution in [1.82, 2.24) is 9.88 Å². The predicted molar refractivity (Wildman–Crippen MR) is 101 cm³/mol. The minimum Gasteiger partial charge on any atom is -0.497 e. The monoisotopic (exact) mass is 392 g/mol. The topological polar surface area (TPSA) is 89.7 Å². The fourth-order valence-electron chi connectivity index (χ4n) is 3.38. The number of hydrogen-bond acceptors (Lipinski definition) is 6. The lowest BCUT2D eigenvalue weighted by molar-refractivity contribution is -0.132. The van der Waals surface area contributed by atoms with Crippen LogP contribution in [0.2, 0.25) is 0 Å².